The molecule has 0 spiro atoms. The summed E-state index contributed by atoms with van der Waals surface area (Å²) in [5, 5.41) is 33.1. The molecule has 7 nitrogen and oxygen atoms in total. The molecule has 0 amide bonds. The van der Waals surface area contributed by atoms with E-state index in [2.05, 4.69) is 32.6 Å². The van der Waals surface area contributed by atoms with Crippen LogP contribution in [0, 0.1) is 10.5 Å². The zero-order chi connectivity index (χ0) is 19.3. The topological polar surface area (TPSA) is 101 Å². The van der Waals surface area contributed by atoms with E-state index in [1.54, 1.807) is 29.0 Å². The summed E-state index contributed by atoms with van der Waals surface area (Å²) in [6.07, 6.45) is -2.38. The van der Waals surface area contributed by atoms with Gasteiger partial charge in [-0.25, -0.2) is 9.97 Å². The van der Waals surface area contributed by atoms with E-state index in [1.807, 2.05) is 13.0 Å². The highest BCUT2D eigenvalue weighted by atomic mass is 127. The van der Waals surface area contributed by atoms with Crippen LogP contribution in [-0.2, 0) is 4.74 Å². The number of benzene rings is 1. The molecule has 4 rings (SSSR count). The molecule has 3 N–H and O–H groups in total. The largest absolute Gasteiger partial charge is 0.387 e. The number of halogens is 2. The summed E-state index contributed by atoms with van der Waals surface area (Å²) >= 11 is 8.22. The molecule has 0 radical (unpaired) electrons. The molecule has 27 heavy (non-hydrogen) atoms. The Morgan fingerprint density at radius 1 is 1.22 bits per heavy atom. The van der Waals surface area contributed by atoms with E-state index in [-0.39, 0.29) is 0 Å². The highest BCUT2D eigenvalue weighted by molar-refractivity contribution is 14.1. The van der Waals surface area contributed by atoms with Crippen LogP contribution in [0.4, 0.5) is 0 Å². The molecule has 5 atom stereocenters. The first-order chi connectivity index (χ1) is 12.9. The second-order valence-corrected chi connectivity index (χ2v) is 8.08. The van der Waals surface area contributed by atoms with Crippen LogP contribution in [0.3, 0.4) is 0 Å². The molecule has 2 aromatic heterocycles. The summed E-state index contributed by atoms with van der Waals surface area (Å²) in [6, 6.07) is 6.95. The standard InChI is InChI=1S/C18H17ClIN3O4/c1-8-10-4-5-23(17(10)22-7-21-8)18-15(26)14(25)16(27-18)13(24)9-2-3-12(20)11(19)6-9/h2-7,13-16,18,24-26H,1H3/t13-,14+,15-,16-,18-/m1/s1. The Hall–Kier alpha value is -1.30. The molecule has 3 aromatic rings. The van der Waals surface area contributed by atoms with Gasteiger partial charge < -0.3 is 24.6 Å². The number of hydrogen-bond acceptors (Lipinski definition) is 6. The minimum atomic E-state index is -1.27. The monoisotopic (exact) mass is 501 g/mol. The van der Waals surface area contributed by atoms with Crippen molar-refractivity contribution in [2.24, 2.45) is 0 Å². The Bertz CT molecular complexity index is 998. The number of ether oxygens (including phenoxy) is 1. The summed E-state index contributed by atoms with van der Waals surface area (Å²) in [5.74, 6) is 0. The quantitative estimate of drug-likeness (QED) is 0.477. The van der Waals surface area contributed by atoms with Crippen LogP contribution in [0.15, 0.2) is 36.8 Å². The molecule has 0 bridgehead atoms. The Balaban J connectivity index is 1.66. The van der Waals surface area contributed by atoms with Gasteiger partial charge in [0.1, 0.15) is 36.4 Å². The molecule has 0 unspecified atom stereocenters. The van der Waals surface area contributed by atoms with Gasteiger partial charge >= 0.3 is 0 Å². The Labute approximate surface area is 173 Å². The van der Waals surface area contributed by atoms with Gasteiger partial charge in [0.05, 0.1) is 10.7 Å². The average molecular weight is 502 g/mol. The van der Waals surface area contributed by atoms with Crippen LogP contribution in [0.1, 0.15) is 23.6 Å². The van der Waals surface area contributed by atoms with E-state index < -0.39 is 30.6 Å². The van der Waals surface area contributed by atoms with Gasteiger partial charge in [-0.05, 0) is 53.3 Å². The van der Waals surface area contributed by atoms with Crippen molar-refractivity contribution in [3.8, 4) is 0 Å². The van der Waals surface area contributed by atoms with Gasteiger partial charge in [0, 0.05) is 15.2 Å². The minimum absolute atomic E-state index is 0.500. The fourth-order valence-electron chi connectivity index (χ4n) is 3.37. The van der Waals surface area contributed by atoms with Crippen molar-refractivity contribution in [3.63, 3.8) is 0 Å². The number of aliphatic hydroxyl groups is 3. The van der Waals surface area contributed by atoms with E-state index in [4.69, 9.17) is 16.3 Å². The molecule has 142 valence electrons. The summed E-state index contributed by atoms with van der Waals surface area (Å²) < 4.78 is 8.37. The van der Waals surface area contributed by atoms with E-state index >= 15 is 0 Å². The predicted molar refractivity (Wildman–Crippen MR) is 107 cm³/mol. The zero-order valence-corrected chi connectivity index (χ0v) is 17.1. The highest BCUT2D eigenvalue weighted by Gasteiger charge is 2.47. The molecule has 3 heterocycles. The molecular formula is C18H17ClIN3O4. The number of fused-ring (bicyclic) bond motifs is 1. The second kappa shape index (κ2) is 7.26. The van der Waals surface area contributed by atoms with Gasteiger partial charge in [0.25, 0.3) is 0 Å². The van der Waals surface area contributed by atoms with E-state index in [0.717, 1.165) is 14.7 Å². The third-order valence-corrected chi connectivity index (χ3v) is 6.43. The smallest absolute Gasteiger partial charge is 0.164 e. The third kappa shape index (κ3) is 3.24. The maximum atomic E-state index is 10.7. The SMILES string of the molecule is Cc1ncnc2c1ccn2[C@@H]1O[C@H]([C@H](O)c2ccc(I)c(Cl)c2)[C@@H](O)[C@H]1O. The minimum Gasteiger partial charge on any atom is -0.387 e. The fourth-order valence-corrected chi connectivity index (χ4v) is 3.89. The fraction of sp³-hybridized carbons (Fsp3) is 0.333. The summed E-state index contributed by atoms with van der Waals surface area (Å²) in [7, 11) is 0. The molecule has 9 heteroatoms. The predicted octanol–water partition coefficient (Wildman–Crippen LogP) is 2.35. The van der Waals surface area contributed by atoms with Crippen molar-refractivity contribution in [2.75, 3.05) is 0 Å². The summed E-state index contributed by atoms with van der Waals surface area (Å²) in [4.78, 5) is 8.40. The maximum Gasteiger partial charge on any atom is 0.164 e. The first-order valence-corrected chi connectivity index (χ1v) is 9.77. The van der Waals surface area contributed by atoms with Gasteiger partial charge in [-0.3, -0.25) is 0 Å². The molecule has 0 aliphatic carbocycles. The van der Waals surface area contributed by atoms with E-state index in [9.17, 15) is 15.3 Å². The Morgan fingerprint density at radius 2 is 2.00 bits per heavy atom. The molecular weight excluding hydrogens is 485 g/mol. The first-order valence-electron chi connectivity index (χ1n) is 8.31. The number of hydrogen-bond donors (Lipinski definition) is 3. The highest BCUT2D eigenvalue weighted by Crippen LogP contribution is 2.38. The van der Waals surface area contributed by atoms with Crippen molar-refractivity contribution in [2.45, 2.75) is 37.6 Å². The number of rotatable bonds is 3. The zero-order valence-electron chi connectivity index (χ0n) is 14.2. The van der Waals surface area contributed by atoms with Gasteiger partial charge in [0.15, 0.2) is 6.23 Å². The van der Waals surface area contributed by atoms with Crippen molar-refractivity contribution < 1.29 is 20.1 Å². The van der Waals surface area contributed by atoms with Crippen LogP contribution >= 0.6 is 34.2 Å². The number of aliphatic hydroxyl groups excluding tert-OH is 3. The van der Waals surface area contributed by atoms with Crippen molar-refractivity contribution in [3.05, 3.63) is 56.6 Å². The lowest BCUT2D eigenvalue weighted by Crippen LogP contribution is -2.34. The molecule has 1 fully saturated rings. The molecule has 1 aliphatic rings. The van der Waals surface area contributed by atoms with Crippen LogP contribution in [0.2, 0.25) is 5.02 Å². The van der Waals surface area contributed by atoms with Gasteiger partial charge in [-0.15, -0.1) is 0 Å². The van der Waals surface area contributed by atoms with Crippen molar-refractivity contribution in [1.82, 2.24) is 14.5 Å². The van der Waals surface area contributed by atoms with Crippen LogP contribution in [0.5, 0.6) is 0 Å². The lowest BCUT2D eigenvalue weighted by molar-refractivity contribution is -0.0848. The molecule has 0 saturated carbocycles. The van der Waals surface area contributed by atoms with Crippen LogP contribution in [-0.4, -0.2) is 48.2 Å². The second-order valence-electron chi connectivity index (χ2n) is 6.51. The lowest BCUT2D eigenvalue weighted by atomic mass is 9.99. The molecule has 1 aromatic carbocycles. The lowest BCUT2D eigenvalue weighted by Gasteiger charge is -2.21. The van der Waals surface area contributed by atoms with Gasteiger partial charge in [-0.1, -0.05) is 17.7 Å². The number of aromatic nitrogens is 3. The number of aryl methyl sites for hydroxylation is 1. The third-order valence-electron chi connectivity index (χ3n) is 4.85. The normalized spacial score (nSPS) is 26.6. The summed E-state index contributed by atoms with van der Waals surface area (Å²) in [6.45, 7) is 1.86. The average Bonchev–Trinajstić information content (AvgIpc) is 3.20. The molecule has 1 aliphatic heterocycles. The molecule has 1 saturated heterocycles. The Morgan fingerprint density at radius 3 is 2.74 bits per heavy atom. The van der Waals surface area contributed by atoms with Crippen molar-refractivity contribution >= 4 is 45.2 Å². The Kier molecular flexibility index (Phi) is 5.12. The maximum absolute atomic E-state index is 10.7. The van der Waals surface area contributed by atoms with Crippen LogP contribution in [0.25, 0.3) is 11.0 Å². The van der Waals surface area contributed by atoms with E-state index in [0.29, 0.717) is 16.2 Å². The summed E-state index contributed by atoms with van der Waals surface area (Å²) in [5.41, 5.74) is 1.90. The van der Waals surface area contributed by atoms with Gasteiger partial charge in [0.2, 0.25) is 0 Å². The first kappa shape index (κ1) is 19.0. The van der Waals surface area contributed by atoms with Crippen LogP contribution < -0.4 is 0 Å². The van der Waals surface area contributed by atoms with E-state index in [1.165, 1.54) is 6.33 Å². The van der Waals surface area contributed by atoms with Gasteiger partial charge in [-0.2, -0.15) is 0 Å². The number of nitrogens with zero attached hydrogens (tertiary/aromatic N) is 3. The van der Waals surface area contributed by atoms with Crippen molar-refractivity contribution in [1.29, 1.82) is 0 Å².